The molecule has 3 nitrogen and oxygen atoms in total. The third-order valence-corrected chi connectivity index (χ3v) is 3.86. The molecule has 2 rings (SSSR count). The monoisotopic (exact) mass is 234 g/mol. The topological polar surface area (TPSA) is 46.5 Å². The molecular formula is C14H18O3. The normalized spacial score (nSPS) is 20.8. The molecule has 1 heterocycles. The number of aliphatic carboxylic acids is 1. The molecule has 0 spiro atoms. The molecular weight excluding hydrogens is 216 g/mol. The van der Waals surface area contributed by atoms with Gasteiger partial charge >= 0.3 is 5.97 Å². The van der Waals surface area contributed by atoms with Crippen LogP contribution < -0.4 is 0 Å². The highest BCUT2D eigenvalue weighted by Crippen LogP contribution is 2.38. The van der Waals surface area contributed by atoms with E-state index >= 15 is 0 Å². The maximum atomic E-state index is 11.7. The summed E-state index contributed by atoms with van der Waals surface area (Å²) in [7, 11) is 0. The second-order valence-electron chi connectivity index (χ2n) is 4.76. The number of rotatable bonds is 3. The van der Waals surface area contributed by atoms with Gasteiger partial charge in [0.05, 0.1) is 5.41 Å². The van der Waals surface area contributed by atoms with Crippen LogP contribution >= 0.6 is 0 Å². The van der Waals surface area contributed by atoms with Gasteiger partial charge in [0, 0.05) is 13.2 Å². The van der Waals surface area contributed by atoms with Crippen LogP contribution in [0.25, 0.3) is 0 Å². The van der Waals surface area contributed by atoms with Gasteiger partial charge in [-0.1, -0.05) is 30.3 Å². The standard InChI is InChI=1S/C14H18O3/c1-14(13(15)16,11-5-3-2-4-6-11)12-7-9-17-10-8-12/h2-6,12H,7-10H2,1H3,(H,15,16). The Morgan fingerprint density at radius 1 is 1.29 bits per heavy atom. The van der Waals surface area contributed by atoms with Crippen LogP contribution in [0.2, 0.25) is 0 Å². The Labute approximate surface area is 101 Å². The molecule has 0 aliphatic carbocycles. The van der Waals surface area contributed by atoms with E-state index in [1.54, 1.807) is 0 Å². The third-order valence-electron chi connectivity index (χ3n) is 3.86. The lowest BCUT2D eigenvalue weighted by Crippen LogP contribution is -2.42. The van der Waals surface area contributed by atoms with Crippen molar-refractivity contribution < 1.29 is 14.6 Å². The molecule has 1 aromatic carbocycles. The van der Waals surface area contributed by atoms with E-state index in [9.17, 15) is 9.90 Å². The van der Waals surface area contributed by atoms with E-state index < -0.39 is 11.4 Å². The van der Waals surface area contributed by atoms with E-state index in [1.807, 2.05) is 37.3 Å². The van der Waals surface area contributed by atoms with Gasteiger partial charge in [0.15, 0.2) is 0 Å². The highest BCUT2D eigenvalue weighted by atomic mass is 16.5. The molecule has 1 saturated heterocycles. The Bertz CT molecular complexity index is 382. The van der Waals surface area contributed by atoms with Gasteiger partial charge in [0.25, 0.3) is 0 Å². The molecule has 1 aliphatic heterocycles. The molecule has 0 radical (unpaired) electrons. The second-order valence-corrected chi connectivity index (χ2v) is 4.76. The first-order chi connectivity index (χ1) is 8.15. The first-order valence-electron chi connectivity index (χ1n) is 6.02. The molecule has 92 valence electrons. The zero-order valence-corrected chi connectivity index (χ0v) is 10.1. The molecule has 1 fully saturated rings. The Kier molecular flexibility index (Phi) is 3.48. The van der Waals surface area contributed by atoms with Crippen molar-refractivity contribution in [2.75, 3.05) is 13.2 Å². The Morgan fingerprint density at radius 2 is 1.88 bits per heavy atom. The summed E-state index contributed by atoms with van der Waals surface area (Å²) in [5, 5.41) is 9.60. The van der Waals surface area contributed by atoms with Gasteiger partial charge in [-0.3, -0.25) is 4.79 Å². The van der Waals surface area contributed by atoms with E-state index in [0.717, 1.165) is 18.4 Å². The summed E-state index contributed by atoms with van der Waals surface area (Å²) in [6.45, 7) is 3.17. The molecule has 0 saturated carbocycles. The van der Waals surface area contributed by atoms with E-state index in [2.05, 4.69) is 0 Å². The molecule has 0 amide bonds. The van der Waals surface area contributed by atoms with Crippen LogP contribution in [0.4, 0.5) is 0 Å². The van der Waals surface area contributed by atoms with Crippen molar-refractivity contribution in [3.8, 4) is 0 Å². The summed E-state index contributed by atoms with van der Waals surface area (Å²) >= 11 is 0. The number of carboxylic acid groups (broad SMARTS) is 1. The lowest BCUT2D eigenvalue weighted by Gasteiger charge is -2.36. The Balaban J connectivity index is 2.35. The number of ether oxygens (including phenoxy) is 1. The average molecular weight is 234 g/mol. The van der Waals surface area contributed by atoms with E-state index in [0.29, 0.717) is 13.2 Å². The highest BCUT2D eigenvalue weighted by Gasteiger charge is 2.43. The summed E-state index contributed by atoms with van der Waals surface area (Å²) < 4.78 is 5.32. The fraction of sp³-hybridized carbons (Fsp3) is 0.500. The quantitative estimate of drug-likeness (QED) is 0.873. The molecule has 3 heteroatoms. The van der Waals surface area contributed by atoms with Gasteiger partial charge in [0.2, 0.25) is 0 Å². The summed E-state index contributed by atoms with van der Waals surface area (Å²) in [6.07, 6.45) is 1.63. The van der Waals surface area contributed by atoms with Gasteiger partial charge in [-0.05, 0) is 31.2 Å². The molecule has 1 atom stereocenters. The van der Waals surface area contributed by atoms with Crippen molar-refractivity contribution >= 4 is 5.97 Å². The van der Waals surface area contributed by atoms with E-state index in [1.165, 1.54) is 0 Å². The van der Waals surface area contributed by atoms with E-state index in [-0.39, 0.29) is 5.92 Å². The molecule has 0 bridgehead atoms. The van der Waals surface area contributed by atoms with Gasteiger partial charge in [-0.2, -0.15) is 0 Å². The van der Waals surface area contributed by atoms with Gasteiger partial charge in [-0.15, -0.1) is 0 Å². The fourth-order valence-corrected chi connectivity index (χ4v) is 2.59. The number of benzene rings is 1. The van der Waals surface area contributed by atoms with E-state index in [4.69, 9.17) is 4.74 Å². The largest absolute Gasteiger partial charge is 0.481 e. The van der Waals surface area contributed by atoms with Crippen molar-refractivity contribution in [3.05, 3.63) is 35.9 Å². The first-order valence-corrected chi connectivity index (χ1v) is 6.02. The van der Waals surface area contributed by atoms with Gasteiger partial charge in [-0.25, -0.2) is 0 Å². The van der Waals surface area contributed by atoms with Crippen molar-refractivity contribution in [3.63, 3.8) is 0 Å². The predicted molar refractivity (Wildman–Crippen MR) is 65.0 cm³/mol. The van der Waals surface area contributed by atoms with Gasteiger partial charge in [0.1, 0.15) is 0 Å². The maximum Gasteiger partial charge on any atom is 0.314 e. The van der Waals surface area contributed by atoms with Crippen LogP contribution in [0.15, 0.2) is 30.3 Å². The predicted octanol–water partition coefficient (Wildman–Crippen LogP) is 2.46. The minimum atomic E-state index is -0.801. The number of hydrogen-bond donors (Lipinski definition) is 1. The number of hydrogen-bond acceptors (Lipinski definition) is 2. The molecule has 1 unspecified atom stereocenters. The Morgan fingerprint density at radius 3 is 2.41 bits per heavy atom. The molecule has 1 aromatic rings. The first kappa shape index (κ1) is 12.1. The summed E-state index contributed by atoms with van der Waals surface area (Å²) in [5.41, 5.74) is 0.0878. The van der Waals surface area contributed by atoms with Crippen LogP contribution in [0.3, 0.4) is 0 Å². The van der Waals surface area contributed by atoms with Crippen molar-refractivity contribution in [1.29, 1.82) is 0 Å². The maximum absolute atomic E-state index is 11.7. The average Bonchev–Trinajstić information content (AvgIpc) is 2.39. The number of carbonyl (C=O) groups is 1. The van der Waals surface area contributed by atoms with Crippen molar-refractivity contribution in [1.82, 2.24) is 0 Å². The SMILES string of the molecule is CC(C(=O)O)(c1ccccc1)C1CCOCC1. The minimum absolute atomic E-state index is 0.149. The second kappa shape index (κ2) is 4.88. The zero-order chi connectivity index (χ0) is 12.3. The summed E-state index contributed by atoms with van der Waals surface area (Å²) in [4.78, 5) is 11.7. The highest BCUT2D eigenvalue weighted by molar-refractivity contribution is 5.81. The molecule has 1 N–H and O–H groups in total. The third kappa shape index (κ3) is 2.20. The lowest BCUT2D eigenvalue weighted by atomic mass is 9.69. The van der Waals surface area contributed by atoms with Crippen molar-refractivity contribution in [2.24, 2.45) is 5.92 Å². The van der Waals surface area contributed by atoms with Crippen LogP contribution in [-0.2, 0) is 14.9 Å². The molecule has 1 aliphatic rings. The smallest absolute Gasteiger partial charge is 0.314 e. The summed E-state index contributed by atoms with van der Waals surface area (Å²) in [5.74, 6) is -0.591. The van der Waals surface area contributed by atoms with Crippen LogP contribution in [-0.4, -0.2) is 24.3 Å². The molecule has 0 aromatic heterocycles. The van der Waals surface area contributed by atoms with Gasteiger partial charge < -0.3 is 9.84 Å². The van der Waals surface area contributed by atoms with Crippen LogP contribution in [0.1, 0.15) is 25.3 Å². The Hall–Kier alpha value is -1.35. The molecule has 17 heavy (non-hydrogen) atoms. The fourth-order valence-electron chi connectivity index (χ4n) is 2.59. The van der Waals surface area contributed by atoms with Crippen molar-refractivity contribution in [2.45, 2.75) is 25.2 Å². The number of carboxylic acids is 1. The zero-order valence-electron chi connectivity index (χ0n) is 10.1. The van der Waals surface area contributed by atoms with Crippen LogP contribution in [0, 0.1) is 5.92 Å². The summed E-state index contributed by atoms with van der Waals surface area (Å²) in [6, 6.07) is 9.52. The lowest BCUT2D eigenvalue weighted by molar-refractivity contribution is -0.147. The minimum Gasteiger partial charge on any atom is -0.481 e. The van der Waals surface area contributed by atoms with Crippen LogP contribution in [0.5, 0.6) is 0 Å².